The molecule has 0 spiro atoms. The lowest BCUT2D eigenvalue weighted by Gasteiger charge is -2.02. The first-order chi connectivity index (χ1) is 13.7. The van der Waals surface area contributed by atoms with Crippen molar-refractivity contribution >= 4 is 33.4 Å². The van der Waals surface area contributed by atoms with Gasteiger partial charge in [0.25, 0.3) is 0 Å². The summed E-state index contributed by atoms with van der Waals surface area (Å²) >= 11 is 0. The number of rotatable bonds is 19. The van der Waals surface area contributed by atoms with Crippen LogP contribution in [0.15, 0.2) is 23.0 Å². The van der Waals surface area contributed by atoms with E-state index >= 15 is 0 Å². The molecule has 0 aromatic rings. The van der Waals surface area contributed by atoms with E-state index in [1.807, 2.05) is 0 Å². The van der Waals surface area contributed by atoms with Gasteiger partial charge in [-0.15, -0.1) is 0 Å². The lowest BCUT2D eigenvalue weighted by molar-refractivity contribution is -0.117. The smallest absolute Gasteiger partial charge is 0.244 e. The number of unbranched alkanes of at least 4 members (excludes halogenated alkanes) is 10. The van der Waals surface area contributed by atoms with E-state index in [1.54, 1.807) is 23.0 Å². The van der Waals surface area contributed by atoms with Gasteiger partial charge >= 0.3 is 0 Å². The van der Waals surface area contributed by atoms with Gasteiger partial charge in [-0.25, -0.2) is 0 Å². The Labute approximate surface area is 180 Å². The molecule has 0 aromatic carbocycles. The molecule has 28 heavy (non-hydrogen) atoms. The minimum Gasteiger partial charge on any atom is -0.353 e. The second-order valence-corrected chi connectivity index (χ2v) is 9.00. The van der Waals surface area contributed by atoms with Crippen LogP contribution in [0.4, 0.5) is 0 Å². The quantitative estimate of drug-likeness (QED) is 0.143. The van der Waals surface area contributed by atoms with Gasteiger partial charge in [0.05, 0.1) is 0 Å². The Kier molecular flexibility index (Phi) is 21.7. The molecule has 162 valence electrons. The van der Waals surface area contributed by atoms with E-state index in [9.17, 15) is 9.59 Å². The van der Waals surface area contributed by atoms with E-state index < -0.39 is 0 Å². The predicted octanol–water partition coefficient (Wildman–Crippen LogP) is 6.35. The molecule has 0 bridgehead atoms. The van der Waals surface area contributed by atoms with Gasteiger partial charge in [0.1, 0.15) is 0 Å². The van der Waals surface area contributed by atoms with Gasteiger partial charge < -0.3 is 10.6 Å². The molecule has 0 heterocycles. The second-order valence-electron chi connectivity index (χ2n) is 6.92. The number of amides is 2. The standard InChI is InChI=1S/C22H40N2O2S2/c1-3-5-7-9-11-13-17-23-21(25)15-19-27-28-20-16-22(26)24-18-14-12-10-8-6-4-2/h15-16,19-20H,3-14,17-18H2,1-2H3,(H,23,25)(H,24,26)/b19-15-,20-16-. The van der Waals surface area contributed by atoms with Crippen LogP contribution in [0.2, 0.25) is 0 Å². The third-order valence-corrected chi connectivity index (χ3v) is 5.87. The molecule has 0 aliphatic rings. The summed E-state index contributed by atoms with van der Waals surface area (Å²) in [4.78, 5) is 23.3. The topological polar surface area (TPSA) is 58.2 Å². The molecule has 0 radical (unpaired) electrons. The van der Waals surface area contributed by atoms with E-state index in [4.69, 9.17) is 0 Å². The number of hydrogen-bond donors (Lipinski definition) is 2. The highest BCUT2D eigenvalue weighted by molar-refractivity contribution is 8.78. The van der Waals surface area contributed by atoms with Crippen molar-refractivity contribution in [3.05, 3.63) is 23.0 Å². The first-order valence-electron chi connectivity index (χ1n) is 10.9. The van der Waals surface area contributed by atoms with Crippen molar-refractivity contribution < 1.29 is 9.59 Å². The lowest BCUT2D eigenvalue weighted by atomic mass is 10.1. The van der Waals surface area contributed by atoms with Crippen molar-refractivity contribution in [1.82, 2.24) is 10.6 Å². The fraction of sp³-hybridized carbons (Fsp3) is 0.727. The number of carbonyl (C=O) groups is 2. The van der Waals surface area contributed by atoms with Crippen molar-refractivity contribution in [1.29, 1.82) is 0 Å². The second kappa shape index (κ2) is 22.4. The molecule has 0 aromatic heterocycles. The van der Waals surface area contributed by atoms with Crippen LogP contribution in [0.1, 0.15) is 90.9 Å². The minimum atomic E-state index is -0.0534. The third-order valence-electron chi connectivity index (χ3n) is 4.26. The summed E-state index contributed by atoms with van der Waals surface area (Å²) in [5.41, 5.74) is 0. The summed E-state index contributed by atoms with van der Waals surface area (Å²) < 4.78 is 0. The largest absolute Gasteiger partial charge is 0.353 e. The summed E-state index contributed by atoms with van der Waals surface area (Å²) in [7, 11) is 2.85. The fourth-order valence-electron chi connectivity index (χ4n) is 2.59. The SMILES string of the molecule is CCCCCCCCNC(=O)/C=C\SS/C=C\C(=O)NCCCCCCCC. The Hall–Kier alpha value is -0.880. The molecule has 0 atom stereocenters. The van der Waals surface area contributed by atoms with E-state index in [0.717, 1.165) is 25.9 Å². The van der Waals surface area contributed by atoms with Crippen LogP contribution in [0.25, 0.3) is 0 Å². The number of nitrogens with one attached hydrogen (secondary N) is 2. The molecule has 0 aliphatic carbocycles. The summed E-state index contributed by atoms with van der Waals surface area (Å²) in [5.74, 6) is -0.107. The fourth-order valence-corrected chi connectivity index (χ4v) is 3.80. The molecule has 0 fully saturated rings. The van der Waals surface area contributed by atoms with Gasteiger partial charge in [0.2, 0.25) is 11.8 Å². The molecule has 4 nitrogen and oxygen atoms in total. The van der Waals surface area contributed by atoms with Crippen molar-refractivity contribution in [2.75, 3.05) is 13.1 Å². The van der Waals surface area contributed by atoms with Crippen molar-refractivity contribution in [3.63, 3.8) is 0 Å². The zero-order chi connectivity index (χ0) is 20.7. The van der Waals surface area contributed by atoms with E-state index in [1.165, 1.54) is 85.8 Å². The maximum absolute atomic E-state index is 11.6. The molecular weight excluding hydrogens is 388 g/mol. The van der Waals surface area contributed by atoms with Gasteiger partial charge in [-0.1, -0.05) is 99.6 Å². The van der Waals surface area contributed by atoms with Crippen molar-refractivity contribution in [2.24, 2.45) is 0 Å². The van der Waals surface area contributed by atoms with Crippen molar-refractivity contribution in [3.8, 4) is 0 Å². The van der Waals surface area contributed by atoms with Gasteiger partial charge in [0, 0.05) is 25.2 Å². The highest BCUT2D eigenvalue weighted by Crippen LogP contribution is 2.23. The van der Waals surface area contributed by atoms with Gasteiger partial charge in [-0.2, -0.15) is 0 Å². The molecule has 0 unspecified atom stereocenters. The van der Waals surface area contributed by atoms with Crippen LogP contribution in [-0.2, 0) is 9.59 Å². The van der Waals surface area contributed by atoms with E-state index in [0.29, 0.717) is 0 Å². The highest BCUT2D eigenvalue weighted by atomic mass is 33.1. The Morgan fingerprint density at radius 3 is 1.36 bits per heavy atom. The summed E-state index contributed by atoms with van der Waals surface area (Å²) in [5, 5.41) is 9.29. The summed E-state index contributed by atoms with van der Waals surface area (Å²) in [6, 6.07) is 0. The lowest BCUT2D eigenvalue weighted by Crippen LogP contribution is -2.21. The maximum atomic E-state index is 11.6. The van der Waals surface area contributed by atoms with Gasteiger partial charge in [0.15, 0.2) is 0 Å². The Bertz CT molecular complexity index is 400. The van der Waals surface area contributed by atoms with E-state index in [2.05, 4.69) is 24.5 Å². The molecule has 6 heteroatoms. The van der Waals surface area contributed by atoms with Crippen molar-refractivity contribution in [2.45, 2.75) is 90.9 Å². The van der Waals surface area contributed by atoms with Crippen LogP contribution >= 0.6 is 21.6 Å². The normalized spacial score (nSPS) is 11.4. The Morgan fingerprint density at radius 1 is 0.607 bits per heavy atom. The van der Waals surface area contributed by atoms with Crippen LogP contribution in [-0.4, -0.2) is 24.9 Å². The molecule has 0 saturated carbocycles. The van der Waals surface area contributed by atoms with E-state index in [-0.39, 0.29) is 11.8 Å². The molecule has 2 amide bonds. The van der Waals surface area contributed by atoms with Crippen LogP contribution < -0.4 is 10.6 Å². The summed E-state index contributed by atoms with van der Waals surface area (Å²) in [6.07, 6.45) is 17.8. The highest BCUT2D eigenvalue weighted by Gasteiger charge is 1.96. The number of hydrogen-bond acceptors (Lipinski definition) is 4. The Morgan fingerprint density at radius 2 is 0.964 bits per heavy atom. The Balaban J connectivity index is 3.50. The molecule has 2 N–H and O–H groups in total. The number of carbonyl (C=O) groups excluding carboxylic acids is 2. The predicted molar refractivity (Wildman–Crippen MR) is 126 cm³/mol. The van der Waals surface area contributed by atoms with Gasteiger partial charge in [-0.3, -0.25) is 9.59 Å². The zero-order valence-corrected chi connectivity index (χ0v) is 19.5. The molecule has 0 saturated heterocycles. The van der Waals surface area contributed by atoms with Gasteiger partial charge in [-0.05, 0) is 23.7 Å². The zero-order valence-electron chi connectivity index (χ0n) is 17.8. The summed E-state index contributed by atoms with van der Waals surface area (Å²) in [6.45, 7) is 5.91. The first-order valence-corrected chi connectivity index (χ1v) is 13.2. The molecular formula is C22H40N2O2S2. The first kappa shape index (κ1) is 27.1. The third kappa shape index (κ3) is 21.4. The monoisotopic (exact) mass is 428 g/mol. The van der Waals surface area contributed by atoms with Crippen LogP contribution in [0, 0.1) is 0 Å². The van der Waals surface area contributed by atoms with Crippen LogP contribution in [0.5, 0.6) is 0 Å². The average Bonchev–Trinajstić information content (AvgIpc) is 2.69. The average molecular weight is 429 g/mol. The minimum absolute atomic E-state index is 0.0534. The maximum Gasteiger partial charge on any atom is 0.244 e. The van der Waals surface area contributed by atoms with Crippen LogP contribution in [0.3, 0.4) is 0 Å². The molecule has 0 rings (SSSR count). The molecule has 0 aliphatic heterocycles.